The molecule has 0 aliphatic rings. The zero-order valence-corrected chi connectivity index (χ0v) is 20.8. The second kappa shape index (κ2) is 11.3. The maximum atomic E-state index is 13.4. The van der Waals surface area contributed by atoms with Crippen molar-refractivity contribution in [1.82, 2.24) is 5.32 Å². The Hall–Kier alpha value is -3.23. The molecule has 1 amide bonds. The quantitative estimate of drug-likeness (QED) is 0.416. The number of halogens is 1. The molecule has 1 N–H and O–H groups in total. The Balaban J connectivity index is 1.70. The molecule has 0 fully saturated rings. The Kier molecular flexibility index (Phi) is 8.41. The number of nitrogens with zero attached hydrogens (tertiary/aromatic N) is 1. The molecule has 0 heterocycles. The number of anilines is 1. The minimum atomic E-state index is -3.98. The van der Waals surface area contributed by atoms with E-state index in [9.17, 15) is 13.2 Å². The third-order valence-corrected chi connectivity index (χ3v) is 7.29. The second-order valence-corrected chi connectivity index (χ2v) is 9.90. The number of rotatable bonds is 10. The number of hydrogen-bond donors (Lipinski definition) is 1. The highest BCUT2D eigenvalue weighted by Gasteiger charge is 2.27. The number of sulfonamides is 1. The molecule has 0 atom stereocenters. The lowest BCUT2D eigenvalue weighted by molar-refractivity contribution is -0.119. The largest absolute Gasteiger partial charge is 0.497 e. The number of ether oxygens (including phenoxy) is 2. The summed E-state index contributed by atoms with van der Waals surface area (Å²) in [5, 5.41) is 3.30. The van der Waals surface area contributed by atoms with Gasteiger partial charge in [-0.15, -0.1) is 0 Å². The lowest BCUT2D eigenvalue weighted by Gasteiger charge is -2.24. The van der Waals surface area contributed by atoms with E-state index in [0.29, 0.717) is 22.2 Å². The van der Waals surface area contributed by atoms with Crippen LogP contribution in [0.3, 0.4) is 0 Å². The fourth-order valence-electron chi connectivity index (χ4n) is 3.11. The van der Waals surface area contributed by atoms with Crippen LogP contribution in [-0.4, -0.2) is 41.1 Å². The van der Waals surface area contributed by atoms with E-state index >= 15 is 0 Å². The maximum Gasteiger partial charge on any atom is 0.264 e. The minimum Gasteiger partial charge on any atom is -0.497 e. The molecule has 3 aromatic carbocycles. The number of carbonyl (C=O) groups excluding carboxylic acids is 1. The van der Waals surface area contributed by atoms with Gasteiger partial charge < -0.3 is 14.8 Å². The van der Waals surface area contributed by atoms with Crippen LogP contribution in [0, 0.1) is 13.8 Å². The molecule has 0 saturated heterocycles. The molecule has 3 rings (SSSR count). The molecule has 34 heavy (non-hydrogen) atoms. The molecule has 7 nitrogen and oxygen atoms in total. The maximum absolute atomic E-state index is 13.4. The smallest absolute Gasteiger partial charge is 0.264 e. The number of methoxy groups -OCH3 is 1. The average molecular weight is 503 g/mol. The van der Waals surface area contributed by atoms with Gasteiger partial charge in [-0.25, -0.2) is 8.42 Å². The zero-order chi connectivity index (χ0) is 24.7. The predicted molar refractivity (Wildman–Crippen MR) is 133 cm³/mol. The summed E-state index contributed by atoms with van der Waals surface area (Å²) in [4.78, 5) is 12.8. The van der Waals surface area contributed by atoms with Crippen LogP contribution >= 0.6 is 11.6 Å². The first-order valence-electron chi connectivity index (χ1n) is 10.6. The third kappa shape index (κ3) is 6.42. The van der Waals surface area contributed by atoms with E-state index in [2.05, 4.69) is 5.32 Å². The second-order valence-electron chi connectivity index (χ2n) is 7.63. The van der Waals surface area contributed by atoms with Crippen molar-refractivity contribution >= 4 is 33.2 Å². The molecule has 0 aliphatic carbocycles. The van der Waals surface area contributed by atoms with Gasteiger partial charge in [-0.05, 0) is 67.9 Å². The molecule has 0 radical (unpaired) electrons. The van der Waals surface area contributed by atoms with Crippen LogP contribution in [-0.2, 0) is 14.8 Å². The summed E-state index contributed by atoms with van der Waals surface area (Å²) >= 11 is 6.09. The predicted octanol–water partition coefficient (Wildman–Crippen LogP) is 4.36. The summed E-state index contributed by atoms with van der Waals surface area (Å²) in [5.74, 6) is 0.706. The third-order valence-electron chi connectivity index (χ3n) is 5.09. The molecule has 0 bridgehead atoms. The van der Waals surface area contributed by atoms with Crippen molar-refractivity contribution in [1.29, 1.82) is 0 Å². The van der Waals surface area contributed by atoms with Crippen LogP contribution in [0.1, 0.15) is 11.1 Å². The summed E-state index contributed by atoms with van der Waals surface area (Å²) in [6.07, 6.45) is 0. The van der Waals surface area contributed by atoms with Gasteiger partial charge in [0.2, 0.25) is 5.91 Å². The highest BCUT2D eigenvalue weighted by atomic mass is 35.5. The van der Waals surface area contributed by atoms with E-state index in [0.717, 1.165) is 15.4 Å². The summed E-state index contributed by atoms with van der Waals surface area (Å²) in [6.45, 7) is 3.78. The van der Waals surface area contributed by atoms with Crippen molar-refractivity contribution in [2.75, 3.05) is 31.1 Å². The number of carbonyl (C=O) groups is 1. The zero-order valence-electron chi connectivity index (χ0n) is 19.2. The monoisotopic (exact) mass is 502 g/mol. The van der Waals surface area contributed by atoms with Gasteiger partial charge in [0.25, 0.3) is 10.0 Å². The van der Waals surface area contributed by atoms with E-state index in [1.165, 1.54) is 19.2 Å². The fourth-order valence-corrected chi connectivity index (χ4v) is 4.70. The van der Waals surface area contributed by atoms with Gasteiger partial charge in [-0.2, -0.15) is 0 Å². The van der Waals surface area contributed by atoms with Crippen molar-refractivity contribution < 1.29 is 22.7 Å². The molecule has 0 aliphatic heterocycles. The Labute approximate surface area is 205 Å². The Morgan fingerprint density at radius 1 is 0.971 bits per heavy atom. The summed E-state index contributed by atoms with van der Waals surface area (Å²) in [7, 11) is -2.46. The van der Waals surface area contributed by atoms with Crippen LogP contribution in [0.5, 0.6) is 11.5 Å². The number of amides is 1. The molecule has 0 unspecified atom stereocenters. The Morgan fingerprint density at radius 2 is 1.62 bits per heavy atom. The van der Waals surface area contributed by atoms with Gasteiger partial charge in [0, 0.05) is 5.02 Å². The van der Waals surface area contributed by atoms with Gasteiger partial charge in [-0.1, -0.05) is 35.4 Å². The minimum absolute atomic E-state index is 0.0984. The topological polar surface area (TPSA) is 84.9 Å². The summed E-state index contributed by atoms with van der Waals surface area (Å²) in [5.41, 5.74) is 2.22. The SMILES string of the molecule is COc1ccc(N(CC(=O)NCCOc2ccc(C)c(Cl)c2)S(=O)(=O)c2ccc(C)cc2)cc1. The van der Waals surface area contributed by atoms with Gasteiger partial charge in [0.15, 0.2) is 0 Å². The molecular formula is C25H27ClN2O5S. The fraction of sp³-hybridized carbons (Fsp3) is 0.240. The van der Waals surface area contributed by atoms with E-state index < -0.39 is 15.9 Å². The number of nitrogens with one attached hydrogen (secondary N) is 1. The molecule has 3 aromatic rings. The van der Waals surface area contributed by atoms with E-state index in [1.54, 1.807) is 48.5 Å². The van der Waals surface area contributed by atoms with Crippen molar-refractivity contribution in [3.05, 3.63) is 82.9 Å². The van der Waals surface area contributed by atoms with Crippen LogP contribution in [0.25, 0.3) is 0 Å². The van der Waals surface area contributed by atoms with Gasteiger partial charge >= 0.3 is 0 Å². The standard InChI is InChI=1S/C25H27ClN2O5S/c1-18-4-12-23(13-5-18)34(30,31)28(20-7-10-21(32-3)11-8-20)17-25(29)27-14-15-33-22-9-6-19(2)24(26)16-22/h4-13,16H,14-15,17H2,1-3H3,(H,27,29). The molecular weight excluding hydrogens is 476 g/mol. The lowest BCUT2D eigenvalue weighted by Crippen LogP contribution is -2.41. The van der Waals surface area contributed by atoms with Crippen molar-refractivity contribution in [3.8, 4) is 11.5 Å². The molecule has 0 saturated carbocycles. The molecule has 0 spiro atoms. The highest BCUT2D eigenvalue weighted by molar-refractivity contribution is 7.92. The number of hydrogen-bond acceptors (Lipinski definition) is 5. The summed E-state index contributed by atoms with van der Waals surface area (Å²) in [6, 6.07) is 18.3. The van der Waals surface area contributed by atoms with Crippen molar-refractivity contribution in [2.45, 2.75) is 18.7 Å². The van der Waals surface area contributed by atoms with Crippen LogP contribution in [0.15, 0.2) is 71.6 Å². The van der Waals surface area contributed by atoms with Crippen LogP contribution in [0.4, 0.5) is 5.69 Å². The first-order valence-corrected chi connectivity index (χ1v) is 12.4. The van der Waals surface area contributed by atoms with Crippen LogP contribution in [0.2, 0.25) is 5.02 Å². The first-order chi connectivity index (χ1) is 16.2. The molecule has 0 aromatic heterocycles. The Bertz CT molecular complexity index is 1230. The van der Waals surface area contributed by atoms with E-state index in [4.69, 9.17) is 21.1 Å². The van der Waals surface area contributed by atoms with Crippen molar-refractivity contribution in [2.24, 2.45) is 0 Å². The van der Waals surface area contributed by atoms with E-state index in [-0.39, 0.29) is 24.6 Å². The number of benzene rings is 3. The summed E-state index contributed by atoms with van der Waals surface area (Å²) < 4.78 is 38.6. The number of aryl methyl sites for hydroxylation is 2. The Morgan fingerprint density at radius 3 is 2.24 bits per heavy atom. The molecule has 9 heteroatoms. The van der Waals surface area contributed by atoms with Gasteiger partial charge in [0.05, 0.1) is 24.2 Å². The van der Waals surface area contributed by atoms with Crippen LogP contribution < -0.4 is 19.1 Å². The van der Waals surface area contributed by atoms with Crippen molar-refractivity contribution in [3.63, 3.8) is 0 Å². The highest BCUT2D eigenvalue weighted by Crippen LogP contribution is 2.26. The lowest BCUT2D eigenvalue weighted by atomic mass is 10.2. The van der Waals surface area contributed by atoms with E-state index in [1.807, 2.05) is 19.9 Å². The first kappa shape index (κ1) is 25.4. The van der Waals surface area contributed by atoms with Gasteiger partial charge in [0.1, 0.15) is 24.7 Å². The molecule has 180 valence electrons. The average Bonchev–Trinajstić information content (AvgIpc) is 2.83. The van der Waals surface area contributed by atoms with Gasteiger partial charge in [-0.3, -0.25) is 9.10 Å². The normalized spacial score (nSPS) is 11.1.